The van der Waals surface area contributed by atoms with Gasteiger partial charge in [0.05, 0.1) is 17.6 Å². The van der Waals surface area contributed by atoms with E-state index in [2.05, 4.69) is 56.6 Å². The summed E-state index contributed by atoms with van der Waals surface area (Å²) in [6, 6.07) is 0. The molecule has 2 rings (SSSR count). The van der Waals surface area contributed by atoms with Gasteiger partial charge in [-0.25, -0.2) is 14.5 Å². The van der Waals surface area contributed by atoms with E-state index in [0.29, 0.717) is 17.8 Å². The predicted octanol–water partition coefficient (Wildman–Crippen LogP) is 3.49. The van der Waals surface area contributed by atoms with E-state index in [9.17, 15) is 0 Å². The molecule has 0 atom stereocenters. The van der Waals surface area contributed by atoms with Gasteiger partial charge in [0.25, 0.3) is 0 Å². The molecule has 0 radical (unpaired) electrons. The van der Waals surface area contributed by atoms with Gasteiger partial charge < -0.3 is 0 Å². The normalized spacial score (nSPS) is 12.3. The molecule has 0 aliphatic rings. The van der Waals surface area contributed by atoms with Crippen LogP contribution >= 0.6 is 0 Å². The van der Waals surface area contributed by atoms with Crippen molar-refractivity contribution in [3.63, 3.8) is 0 Å². The fourth-order valence-corrected chi connectivity index (χ4v) is 1.96. The Bertz CT molecular complexity index is 552. The van der Waals surface area contributed by atoms with Gasteiger partial charge in [-0.3, -0.25) is 0 Å². The molecule has 2 aromatic rings. The van der Waals surface area contributed by atoms with Crippen molar-refractivity contribution in [2.24, 2.45) is 0 Å². The Morgan fingerprint density at radius 3 is 2.11 bits per heavy atom. The molecule has 4 heteroatoms. The molecule has 0 saturated carbocycles. The van der Waals surface area contributed by atoms with E-state index in [4.69, 9.17) is 0 Å². The lowest BCUT2D eigenvalue weighted by Crippen LogP contribution is -2.11. The number of rotatable bonds is 3. The summed E-state index contributed by atoms with van der Waals surface area (Å²) in [5, 5.41) is 4.64. The van der Waals surface area contributed by atoms with E-state index in [0.717, 1.165) is 22.9 Å². The average Bonchev–Trinajstić information content (AvgIpc) is 2.70. The minimum absolute atomic E-state index is 0.328. The highest BCUT2D eigenvalue weighted by molar-refractivity contribution is 5.46. The third-order valence-corrected chi connectivity index (χ3v) is 3.09. The lowest BCUT2D eigenvalue weighted by molar-refractivity contribution is 0.659. The predicted molar refractivity (Wildman–Crippen MR) is 73.0 cm³/mol. The topological polar surface area (TPSA) is 43.1 Å². The highest BCUT2D eigenvalue weighted by Crippen LogP contribution is 2.23. The number of nitrogens with zero attached hydrogens (tertiary/aromatic N) is 4. The first-order chi connectivity index (χ1) is 8.41. The summed E-state index contributed by atoms with van der Waals surface area (Å²) < 4.78 is 1.97. The van der Waals surface area contributed by atoms with E-state index in [-0.39, 0.29) is 0 Å². The van der Waals surface area contributed by atoms with Crippen LogP contribution in [0.1, 0.15) is 76.5 Å². The van der Waals surface area contributed by atoms with Crippen LogP contribution < -0.4 is 0 Å². The SMILES string of the molecule is CC(C)c1nc(C(C)C)c2ncc(C(C)C)n2n1. The van der Waals surface area contributed by atoms with Crippen molar-refractivity contribution >= 4 is 5.65 Å². The van der Waals surface area contributed by atoms with E-state index < -0.39 is 0 Å². The molecule has 2 aromatic heterocycles. The summed E-state index contributed by atoms with van der Waals surface area (Å²) in [6.45, 7) is 12.9. The van der Waals surface area contributed by atoms with E-state index in [1.165, 1.54) is 0 Å². The molecule has 0 saturated heterocycles. The first kappa shape index (κ1) is 13.0. The smallest absolute Gasteiger partial charge is 0.175 e. The van der Waals surface area contributed by atoms with Crippen LogP contribution in [-0.4, -0.2) is 19.6 Å². The van der Waals surface area contributed by atoms with Crippen LogP contribution in [0.5, 0.6) is 0 Å². The standard InChI is InChI=1S/C14H22N4/c1-8(2)11-7-15-14-12(9(3)4)16-13(10(5)6)17-18(11)14/h7-10H,1-6H3. The molecule has 0 N–H and O–H groups in total. The zero-order valence-electron chi connectivity index (χ0n) is 12.1. The van der Waals surface area contributed by atoms with Crippen molar-refractivity contribution in [1.29, 1.82) is 0 Å². The molecule has 2 heterocycles. The van der Waals surface area contributed by atoms with Gasteiger partial charge in [0.2, 0.25) is 0 Å². The second-order valence-corrected chi connectivity index (χ2v) is 5.74. The molecular formula is C14H22N4. The second kappa shape index (κ2) is 4.67. The molecule has 98 valence electrons. The second-order valence-electron chi connectivity index (χ2n) is 5.74. The van der Waals surface area contributed by atoms with E-state index in [1.807, 2.05) is 10.7 Å². The van der Waals surface area contributed by atoms with Crippen molar-refractivity contribution in [2.75, 3.05) is 0 Å². The Labute approximate surface area is 108 Å². The van der Waals surface area contributed by atoms with Crippen molar-refractivity contribution in [1.82, 2.24) is 19.6 Å². The van der Waals surface area contributed by atoms with Crippen molar-refractivity contribution in [2.45, 2.75) is 59.3 Å². The maximum Gasteiger partial charge on any atom is 0.175 e. The van der Waals surface area contributed by atoms with Crippen LogP contribution in [0.25, 0.3) is 5.65 Å². The zero-order valence-corrected chi connectivity index (χ0v) is 12.1. The Hall–Kier alpha value is -1.45. The van der Waals surface area contributed by atoms with Gasteiger partial charge in [-0.05, 0) is 11.8 Å². The minimum Gasteiger partial charge on any atom is -0.234 e. The molecule has 0 fully saturated rings. The van der Waals surface area contributed by atoms with Crippen molar-refractivity contribution < 1.29 is 0 Å². The molecule has 0 unspecified atom stereocenters. The van der Waals surface area contributed by atoms with Crippen molar-refractivity contribution in [3.8, 4) is 0 Å². The first-order valence-corrected chi connectivity index (χ1v) is 6.67. The molecular weight excluding hydrogens is 224 g/mol. The van der Waals surface area contributed by atoms with Gasteiger partial charge in [0.15, 0.2) is 11.5 Å². The Morgan fingerprint density at radius 1 is 0.944 bits per heavy atom. The summed E-state index contributed by atoms with van der Waals surface area (Å²) in [7, 11) is 0. The number of imidazole rings is 1. The highest BCUT2D eigenvalue weighted by atomic mass is 15.3. The third-order valence-electron chi connectivity index (χ3n) is 3.09. The zero-order chi connectivity index (χ0) is 13.4. The average molecular weight is 246 g/mol. The molecule has 18 heavy (non-hydrogen) atoms. The van der Waals surface area contributed by atoms with Crippen LogP contribution in [0.4, 0.5) is 0 Å². The van der Waals surface area contributed by atoms with Gasteiger partial charge in [-0.1, -0.05) is 41.5 Å². The summed E-state index contributed by atoms with van der Waals surface area (Å²) in [5.74, 6) is 1.99. The van der Waals surface area contributed by atoms with Gasteiger partial charge in [-0.15, -0.1) is 0 Å². The Kier molecular flexibility index (Phi) is 3.37. The summed E-state index contributed by atoms with van der Waals surface area (Å²) in [6.07, 6.45) is 1.92. The highest BCUT2D eigenvalue weighted by Gasteiger charge is 2.17. The minimum atomic E-state index is 0.328. The lowest BCUT2D eigenvalue weighted by atomic mass is 10.1. The third kappa shape index (κ3) is 2.11. The molecule has 0 amide bonds. The number of aromatic nitrogens is 4. The summed E-state index contributed by atoms with van der Waals surface area (Å²) in [5.41, 5.74) is 3.09. The van der Waals surface area contributed by atoms with Crippen molar-refractivity contribution in [3.05, 3.63) is 23.4 Å². The number of hydrogen-bond donors (Lipinski definition) is 0. The number of fused-ring (bicyclic) bond motifs is 1. The van der Waals surface area contributed by atoms with Gasteiger partial charge in [0, 0.05) is 5.92 Å². The molecule has 0 bridgehead atoms. The number of hydrogen-bond acceptors (Lipinski definition) is 3. The Morgan fingerprint density at radius 2 is 1.61 bits per heavy atom. The van der Waals surface area contributed by atoms with Crippen LogP contribution in [-0.2, 0) is 0 Å². The molecule has 0 aliphatic heterocycles. The van der Waals surface area contributed by atoms with Crippen LogP contribution in [0.2, 0.25) is 0 Å². The fourth-order valence-electron chi connectivity index (χ4n) is 1.96. The quantitative estimate of drug-likeness (QED) is 0.832. The largest absolute Gasteiger partial charge is 0.234 e. The molecule has 0 aliphatic carbocycles. The maximum atomic E-state index is 4.68. The summed E-state index contributed by atoms with van der Waals surface area (Å²) >= 11 is 0. The van der Waals surface area contributed by atoms with E-state index >= 15 is 0 Å². The lowest BCUT2D eigenvalue weighted by Gasteiger charge is -2.12. The fraction of sp³-hybridized carbons (Fsp3) is 0.643. The van der Waals surface area contributed by atoms with Gasteiger partial charge in [-0.2, -0.15) is 5.10 Å². The molecule has 0 spiro atoms. The molecule has 0 aromatic carbocycles. The van der Waals surface area contributed by atoms with Crippen LogP contribution in [0, 0.1) is 0 Å². The molecule has 4 nitrogen and oxygen atoms in total. The summed E-state index contributed by atoms with van der Waals surface area (Å²) in [4.78, 5) is 9.18. The first-order valence-electron chi connectivity index (χ1n) is 6.67. The van der Waals surface area contributed by atoms with Crippen LogP contribution in [0.15, 0.2) is 6.20 Å². The maximum absolute atomic E-state index is 4.68. The van der Waals surface area contributed by atoms with Gasteiger partial charge in [0.1, 0.15) is 0 Å². The Balaban J connectivity index is 2.75. The van der Waals surface area contributed by atoms with E-state index in [1.54, 1.807) is 0 Å². The van der Waals surface area contributed by atoms with Gasteiger partial charge >= 0.3 is 0 Å². The van der Waals surface area contributed by atoms with Crippen LogP contribution in [0.3, 0.4) is 0 Å². The monoisotopic (exact) mass is 246 g/mol.